The Morgan fingerprint density at radius 3 is 2.38 bits per heavy atom. The van der Waals surface area contributed by atoms with Gasteiger partial charge in [0, 0.05) is 50.1 Å². The van der Waals surface area contributed by atoms with Gasteiger partial charge in [0.15, 0.2) is 5.54 Å². The summed E-state index contributed by atoms with van der Waals surface area (Å²) in [6, 6.07) is 12.4. The number of likely N-dealkylation sites (N-methyl/N-ethyl adjacent to an activating group) is 1. The minimum absolute atomic E-state index is 0.0162. The molecule has 39 heavy (non-hydrogen) atoms. The van der Waals surface area contributed by atoms with Crippen LogP contribution in [0.25, 0.3) is 5.76 Å². The Balaban J connectivity index is 1.50. The number of sulfonamides is 1. The summed E-state index contributed by atoms with van der Waals surface area (Å²) in [6.07, 6.45) is 2.74. The topological polar surface area (TPSA) is 125 Å². The molecule has 0 aromatic heterocycles. The number of rotatable bonds is 5. The monoisotopic (exact) mass is 551 g/mol. The molecule has 11 heteroatoms. The fourth-order valence-corrected chi connectivity index (χ4v) is 7.74. The highest BCUT2D eigenvalue weighted by Gasteiger charge is 2.67. The van der Waals surface area contributed by atoms with Crippen LogP contribution in [0.4, 0.5) is 5.69 Å². The van der Waals surface area contributed by atoms with Gasteiger partial charge in [0.25, 0.3) is 17.6 Å². The molecule has 0 radical (unpaired) electrons. The zero-order valence-electron chi connectivity index (χ0n) is 21.5. The maximum Gasteiger partial charge on any atom is 0.296 e. The van der Waals surface area contributed by atoms with Gasteiger partial charge >= 0.3 is 0 Å². The predicted molar refractivity (Wildman–Crippen MR) is 141 cm³/mol. The van der Waals surface area contributed by atoms with Crippen LogP contribution in [-0.4, -0.2) is 79.7 Å². The van der Waals surface area contributed by atoms with Crippen molar-refractivity contribution in [3.05, 3.63) is 65.2 Å². The maximum atomic E-state index is 14.0. The lowest BCUT2D eigenvalue weighted by Crippen LogP contribution is -2.53. The van der Waals surface area contributed by atoms with E-state index in [0.717, 1.165) is 19.3 Å². The van der Waals surface area contributed by atoms with Crippen LogP contribution in [0.15, 0.2) is 59.0 Å². The number of hydrogen-bond donors (Lipinski definition) is 1. The first-order chi connectivity index (χ1) is 18.7. The lowest BCUT2D eigenvalue weighted by Gasteiger charge is -2.35. The molecule has 204 valence electrons. The van der Waals surface area contributed by atoms with Crippen molar-refractivity contribution in [3.63, 3.8) is 0 Å². The lowest BCUT2D eigenvalue weighted by molar-refractivity contribution is -0.145. The molecular weight excluding hydrogens is 522 g/mol. The first-order valence-corrected chi connectivity index (χ1v) is 14.5. The number of ketones is 1. The molecule has 4 heterocycles. The van der Waals surface area contributed by atoms with Gasteiger partial charge in [-0.15, -0.1) is 0 Å². The number of para-hydroxylation sites is 1. The molecular formula is C28H29N3O7S. The summed E-state index contributed by atoms with van der Waals surface area (Å²) in [5.41, 5.74) is -1.12. The van der Waals surface area contributed by atoms with Gasteiger partial charge in [0.1, 0.15) is 5.76 Å². The Bertz CT molecular complexity index is 1510. The molecule has 2 aromatic rings. The van der Waals surface area contributed by atoms with E-state index in [4.69, 9.17) is 4.74 Å². The largest absolute Gasteiger partial charge is 0.507 e. The fraction of sp³-hybridized carbons (Fsp3) is 0.393. The van der Waals surface area contributed by atoms with E-state index in [9.17, 15) is 27.9 Å². The average molecular weight is 552 g/mol. The van der Waals surface area contributed by atoms with Crippen molar-refractivity contribution < 1.29 is 32.6 Å². The number of nitrogens with zero attached hydrogens (tertiary/aromatic N) is 3. The first kappa shape index (κ1) is 25.7. The van der Waals surface area contributed by atoms with Gasteiger partial charge in [-0.05, 0) is 56.0 Å². The van der Waals surface area contributed by atoms with Crippen LogP contribution >= 0.6 is 0 Å². The summed E-state index contributed by atoms with van der Waals surface area (Å²) >= 11 is 0. The normalized spacial score (nSPS) is 26.8. The van der Waals surface area contributed by atoms with Gasteiger partial charge < -0.3 is 19.6 Å². The van der Waals surface area contributed by atoms with Crippen molar-refractivity contribution in [1.29, 1.82) is 0 Å². The molecule has 1 N–H and O–H groups in total. The van der Waals surface area contributed by atoms with Gasteiger partial charge in [-0.25, -0.2) is 8.42 Å². The van der Waals surface area contributed by atoms with Crippen LogP contribution in [0.1, 0.15) is 36.8 Å². The van der Waals surface area contributed by atoms with Gasteiger partial charge in [0.05, 0.1) is 16.6 Å². The van der Waals surface area contributed by atoms with Crippen LogP contribution in [0.2, 0.25) is 0 Å². The van der Waals surface area contributed by atoms with Crippen molar-refractivity contribution >= 4 is 39.1 Å². The number of hydrogen-bond acceptors (Lipinski definition) is 7. The van der Waals surface area contributed by atoms with Gasteiger partial charge in [-0.3, -0.25) is 14.4 Å². The third-order valence-electron chi connectivity index (χ3n) is 8.18. The Labute approximate surface area is 226 Å². The summed E-state index contributed by atoms with van der Waals surface area (Å²) < 4.78 is 33.1. The predicted octanol–water partition coefficient (Wildman–Crippen LogP) is 2.20. The summed E-state index contributed by atoms with van der Waals surface area (Å²) in [6.45, 7) is 1.45. The second kappa shape index (κ2) is 9.29. The smallest absolute Gasteiger partial charge is 0.296 e. The van der Waals surface area contributed by atoms with Crippen LogP contribution in [0.3, 0.4) is 0 Å². The minimum Gasteiger partial charge on any atom is -0.507 e. The van der Waals surface area contributed by atoms with E-state index in [1.807, 2.05) is 0 Å². The molecule has 6 rings (SSSR count). The second-order valence-electron chi connectivity index (χ2n) is 10.3. The highest BCUT2D eigenvalue weighted by atomic mass is 32.2. The van der Waals surface area contributed by atoms with Gasteiger partial charge in [0.2, 0.25) is 10.0 Å². The molecule has 2 amide bonds. The molecule has 1 spiro atoms. The number of likely N-dealkylation sites (tertiary alicyclic amines) is 1. The van der Waals surface area contributed by atoms with E-state index in [2.05, 4.69) is 0 Å². The molecule has 2 atom stereocenters. The molecule has 0 bridgehead atoms. The summed E-state index contributed by atoms with van der Waals surface area (Å²) in [5.74, 6) is -2.93. The molecule has 4 aliphatic rings. The summed E-state index contributed by atoms with van der Waals surface area (Å²) in [5, 5.41) is 11.6. The number of carbonyl (C=O) groups is 3. The molecule has 0 saturated carbocycles. The third kappa shape index (κ3) is 3.67. The zero-order valence-corrected chi connectivity index (χ0v) is 22.3. The van der Waals surface area contributed by atoms with Crippen LogP contribution in [-0.2, 0) is 34.7 Å². The van der Waals surface area contributed by atoms with Crippen molar-refractivity contribution in [1.82, 2.24) is 9.21 Å². The number of amides is 2. The van der Waals surface area contributed by atoms with E-state index >= 15 is 0 Å². The summed E-state index contributed by atoms with van der Waals surface area (Å²) in [7, 11) is -2.12. The number of benzene rings is 2. The maximum absolute atomic E-state index is 14.0. The van der Waals surface area contributed by atoms with Crippen LogP contribution in [0, 0.1) is 0 Å². The minimum atomic E-state index is -3.69. The zero-order chi connectivity index (χ0) is 27.5. The number of Topliss-reactive ketones (excluding diaryl/α,β-unsaturated/α-hetero) is 1. The molecule has 2 aromatic carbocycles. The number of ether oxygens (including phenoxy) is 1. The average Bonchev–Trinajstić information content (AvgIpc) is 3.74. The van der Waals surface area contributed by atoms with Gasteiger partial charge in [-0.2, -0.15) is 4.31 Å². The molecule has 4 aliphatic heterocycles. The Kier molecular flexibility index (Phi) is 6.12. The number of carbonyl (C=O) groups excluding carboxylic acids is 3. The molecule has 2 unspecified atom stereocenters. The van der Waals surface area contributed by atoms with Crippen molar-refractivity contribution in [2.45, 2.75) is 42.2 Å². The number of fused-ring (bicyclic) bond motifs is 2. The standard InChI is InChI=1S/C28H29N3O7S/c1-29-22-9-3-2-8-21(22)28(27(29)35)23(25(33)26(34)31(28)17-19-7-6-16-38-19)24(32)18-10-12-20(13-11-18)39(36,37)30-14-4-5-15-30/h2-3,8-13,19,32H,4-7,14-17H2,1H3/b24-23+. The van der Waals surface area contributed by atoms with Crippen LogP contribution < -0.4 is 4.90 Å². The third-order valence-corrected chi connectivity index (χ3v) is 10.1. The second-order valence-corrected chi connectivity index (χ2v) is 12.3. The number of anilines is 1. The Morgan fingerprint density at radius 2 is 1.72 bits per heavy atom. The van der Waals surface area contributed by atoms with E-state index in [-0.39, 0.29) is 28.7 Å². The van der Waals surface area contributed by atoms with Gasteiger partial charge in [-0.1, -0.05) is 18.2 Å². The molecule has 3 saturated heterocycles. The lowest BCUT2D eigenvalue weighted by atomic mass is 9.81. The quantitative estimate of drug-likeness (QED) is 0.343. The van der Waals surface area contributed by atoms with E-state index < -0.39 is 38.9 Å². The van der Waals surface area contributed by atoms with E-state index in [1.54, 1.807) is 31.3 Å². The SMILES string of the molecule is CN1C(=O)C2(/C(=C(/O)c3ccc(S(=O)(=O)N4CCCC4)cc3)C(=O)C(=O)N2CC2CCCO2)c2ccccc21. The van der Waals surface area contributed by atoms with Crippen molar-refractivity contribution in [2.24, 2.45) is 0 Å². The summed E-state index contributed by atoms with van der Waals surface area (Å²) in [4.78, 5) is 43.9. The van der Waals surface area contributed by atoms with E-state index in [0.29, 0.717) is 37.4 Å². The van der Waals surface area contributed by atoms with E-state index in [1.165, 1.54) is 38.4 Å². The fourth-order valence-electron chi connectivity index (χ4n) is 6.22. The number of aliphatic hydroxyl groups is 1. The Morgan fingerprint density at radius 1 is 1.03 bits per heavy atom. The first-order valence-electron chi connectivity index (χ1n) is 13.1. The Hall–Kier alpha value is -3.54. The highest BCUT2D eigenvalue weighted by molar-refractivity contribution is 7.89. The van der Waals surface area contributed by atoms with Crippen molar-refractivity contribution in [3.8, 4) is 0 Å². The molecule has 3 fully saturated rings. The van der Waals surface area contributed by atoms with Crippen LogP contribution in [0.5, 0.6) is 0 Å². The number of aliphatic hydroxyl groups excluding tert-OH is 1. The molecule has 0 aliphatic carbocycles. The molecule has 10 nitrogen and oxygen atoms in total. The highest BCUT2D eigenvalue weighted by Crippen LogP contribution is 2.53. The van der Waals surface area contributed by atoms with Crippen molar-refractivity contribution in [2.75, 3.05) is 38.2 Å².